The molecule has 0 saturated carbocycles. The molecule has 7 heteroatoms. The van der Waals surface area contributed by atoms with Gasteiger partial charge in [-0.2, -0.15) is 0 Å². The van der Waals surface area contributed by atoms with E-state index >= 15 is 0 Å². The number of amides is 2. The molecule has 0 bridgehead atoms. The number of rotatable bonds is 5. The summed E-state index contributed by atoms with van der Waals surface area (Å²) in [7, 11) is 0. The Morgan fingerprint density at radius 1 is 1.11 bits per heavy atom. The number of hydrogen-bond donors (Lipinski definition) is 2. The number of morpholine rings is 1. The third kappa shape index (κ3) is 5.21. The van der Waals surface area contributed by atoms with Gasteiger partial charge in [-0.1, -0.05) is 23.7 Å². The Morgan fingerprint density at radius 2 is 1.89 bits per heavy atom. The average molecular weight is 388 g/mol. The van der Waals surface area contributed by atoms with Gasteiger partial charge in [-0.25, -0.2) is 0 Å². The Bertz CT molecular complexity index is 835. The lowest BCUT2D eigenvalue weighted by molar-refractivity contribution is -0.114. The molecule has 0 radical (unpaired) electrons. The van der Waals surface area contributed by atoms with Crippen molar-refractivity contribution in [1.82, 2.24) is 4.90 Å². The van der Waals surface area contributed by atoms with E-state index in [0.717, 1.165) is 11.3 Å². The van der Waals surface area contributed by atoms with Gasteiger partial charge >= 0.3 is 0 Å². The minimum absolute atomic E-state index is 0.0539. The van der Waals surface area contributed by atoms with Crippen molar-refractivity contribution in [1.29, 1.82) is 0 Å². The average Bonchev–Trinajstić information content (AvgIpc) is 2.69. The second kappa shape index (κ2) is 8.88. The van der Waals surface area contributed by atoms with Crippen molar-refractivity contribution in [2.45, 2.75) is 6.92 Å². The Labute approximate surface area is 163 Å². The molecule has 0 spiro atoms. The zero-order chi connectivity index (χ0) is 19.2. The zero-order valence-corrected chi connectivity index (χ0v) is 15.9. The number of ether oxygens (including phenoxy) is 1. The molecule has 3 rings (SSSR count). The summed E-state index contributed by atoms with van der Waals surface area (Å²) in [6, 6.07) is 12.5. The van der Waals surface area contributed by atoms with E-state index in [9.17, 15) is 9.59 Å². The Kier molecular flexibility index (Phi) is 6.32. The van der Waals surface area contributed by atoms with Crippen LogP contribution in [0.15, 0.2) is 42.5 Å². The molecule has 1 saturated heterocycles. The number of hydrogen-bond acceptors (Lipinski definition) is 4. The molecule has 2 amide bonds. The molecule has 6 nitrogen and oxygen atoms in total. The molecule has 2 N–H and O–H groups in total. The largest absolute Gasteiger partial charge is 0.378 e. The molecule has 1 heterocycles. The van der Waals surface area contributed by atoms with Crippen molar-refractivity contribution >= 4 is 34.8 Å². The van der Waals surface area contributed by atoms with Gasteiger partial charge < -0.3 is 20.3 Å². The number of carbonyl (C=O) groups excluding carboxylic acids is 2. The number of carbonyl (C=O) groups is 2. The van der Waals surface area contributed by atoms with E-state index < -0.39 is 0 Å². The summed E-state index contributed by atoms with van der Waals surface area (Å²) in [5, 5.41) is 6.49. The summed E-state index contributed by atoms with van der Waals surface area (Å²) < 4.78 is 5.27. The van der Waals surface area contributed by atoms with Gasteiger partial charge in [-0.05, 0) is 42.8 Å². The van der Waals surface area contributed by atoms with Crippen LogP contribution in [0, 0.1) is 6.92 Å². The Morgan fingerprint density at radius 3 is 2.63 bits per heavy atom. The van der Waals surface area contributed by atoms with Crippen molar-refractivity contribution in [3.63, 3.8) is 0 Å². The SMILES string of the molecule is Cc1ccc(NCC(=O)Nc2cccc(C(=O)N3CCOCC3)c2)cc1Cl. The number of aryl methyl sites for hydroxylation is 1. The number of nitrogens with one attached hydrogen (secondary N) is 2. The third-order valence-corrected chi connectivity index (χ3v) is 4.72. The number of anilines is 2. The summed E-state index contributed by atoms with van der Waals surface area (Å²) in [4.78, 5) is 26.5. The van der Waals surface area contributed by atoms with Crippen LogP contribution in [0.4, 0.5) is 11.4 Å². The highest BCUT2D eigenvalue weighted by Gasteiger charge is 2.18. The topological polar surface area (TPSA) is 70.7 Å². The predicted octanol–water partition coefficient (Wildman–Crippen LogP) is 3.17. The van der Waals surface area contributed by atoms with Crippen LogP contribution in [0.2, 0.25) is 5.02 Å². The van der Waals surface area contributed by atoms with E-state index in [1.807, 2.05) is 19.1 Å². The number of nitrogens with zero attached hydrogens (tertiary/aromatic N) is 1. The van der Waals surface area contributed by atoms with Gasteiger partial charge in [0.25, 0.3) is 5.91 Å². The second-order valence-corrected chi connectivity index (χ2v) is 6.76. The molecule has 27 heavy (non-hydrogen) atoms. The predicted molar refractivity (Wildman–Crippen MR) is 106 cm³/mol. The van der Waals surface area contributed by atoms with E-state index in [1.165, 1.54) is 0 Å². The highest BCUT2D eigenvalue weighted by Crippen LogP contribution is 2.20. The van der Waals surface area contributed by atoms with Crippen molar-refractivity contribution < 1.29 is 14.3 Å². The standard InChI is InChI=1S/C20H22ClN3O3/c1-14-5-6-16(12-18(14)21)22-13-19(25)23-17-4-2-3-15(11-17)20(26)24-7-9-27-10-8-24/h2-6,11-12,22H,7-10,13H2,1H3,(H,23,25). The normalized spacial score (nSPS) is 13.9. The van der Waals surface area contributed by atoms with Gasteiger partial charge in [0.05, 0.1) is 19.8 Å². The third-order valence-electron chi connectivity index (χ3n) is 4.32. The maximum atomic E-state index is 12.5. The first-order valence-corrected chi connectivity index (χ1v) is 9.18. The molecule has 0 aromatic heterocycles. The summed E-state index contributed by atoms with van der Waals surface area (Å²) in [5.41, 5.74) is 2.89. The summed E-state index contributed by atoms with van der Waals surface area (Å²) >= 11 is 6.09. The Balaban J connectivity index is 1.57. The number of benzene rings is 2. The van der Waals surface area contributed by atoms with Crippen LogP contribution in [0.5, 0.6) is 0 Å². The molecule has 1 aliphatic heterocycles. The lowest BCUT2D eigenvalue weighted by atomic mass is 10.1. The number of halogens is 1. The second-order valence-electron chi connectivity index (χ2n) is 6.35. The summed E-state index contributed by atoms with van der Waals surface area (Å²) in [5.74, 6) is -0.260. The molecule has 1 aliphatic rings. The van der Waals surface area contributed by atoms with Gasteiger partial charge in [0.2, 0.25) is 5.91 Å². The first kappa shape index (κ1) is 19.2. The van der Waals surface area contributed by atoms with Crippen LogP contribution < -0.4 is 10.6 Å². The van der Waals surface area contributed by atoms with Crippen LogP contribution >= 0.6 is 11.6 Å². The molecular formula is C20H22ClN3O3. The van der Waals surface area contributed by atoms with Crippen LogP contribution in [0.1, 0.15) is 15.9 Å². The van der Waals surface area contributed by atoms with Crippen LogP contribution in [0.25, 0.3) is 0 Å². The molecular weight excluding hydrogens is 366 g/mol. The minimum atomic E-state index is -0.206. The quantitative estimate of drug-likeness (QED) is 0.826. The maximum Gasteiger partial charge on any atom is 0.254 e. The molecule has 0 atom stereocenters. The molecule has 2 aromatic carbocycles. The maximum absolute atomic E-state index is 12.5. The van der Waals surface area contributed by atoms with Crippen molar-refractivity contribution in [2.24, 2.45) is 0 Å². The first-order valence-electron chi connectivity index (χ1n) is 8.80. The summed E-state index contributed by atoms with van der Waals surface area (Å²) in [6.07, 6.45) is 0. The van der Waals surface area contributed by atoms with Crippen LogP contribution in [-0.4, -0.2) is 49.6 Å². The minimum Gasteiger partial charge on any atom is -0.378 e. The summed E-state index contributed by atoms with van der Waals surface area (Å²) in [6.45, 7) is 4.29. The van der Waals surface area contributed by atoms with Gasteiger partial charge in [0.1, 0.15) is 0 Å². The van der Waals surface area contributed by atoms with Gasteiger partial charge in [0.15, 0.2) is 0 Å². The highest BCUT2D eigenvalue weighted by molar-refractivity contribution is 6.31. The van der Waals surface area contributed by atoms with E-state index in [2.05, 4.69) is 10.6 Å². The van der Waals surface area contributed by atoms with E-state index in [-0.39, 0.29) is 18.4 Å². The van der Waals surface area contributed by atoms with Crippen molar-refractivity contribution in [3.05, 3.63) is 58.6 Å². The van der Waals surface area contributed by atoms with Crippen molar-refractivity contribution in [3.8, 4) is 0 Å². The lowest BCUT2D eigenvalue weighted by Gasteiger charge is -2.27. The van der Waals surface area contributed by atoms with Crippen LogP contribution in [-0.2, 0) is 9.53 Å². The van der Waals surface area contributed by atoms with E-state index in [0.29, 0.717) is 42.6 Å². The monoisotopic (exact) mass is 387 g/mol. The molecule has 0 unspecified atom stereocenters. The zero-order valence-electron chi connectivity index (χ0n) is 15.1. The fourth-order valence-corrected chi connectivity index (χ4v) is 2.95. The van der Waals surface area contributed by atoms with Gasteiger partial charge in [0, 0.05) is 35.1 Å². The van der Waals surface area contributed by atoms with E-state index in [1.54, 1.807) is 35.2 Å². The van der Waals surface area contributed by atoms with Gasteiger partial charge in [-0.3, -0.25) is 9.59 Å². The Hall–Kier alpha value is -2.57. The molecule has 2 aromatic rings. The molecule has 0 aliphatic carbocycles. The fraction of sp³-hybridized carbons (Fsp3) is 0.300. The highest BCUT2D eigenvalue weighted by atomic mass is 35.5. The van der Waals surface area contributed by atoms with Gasteiger partial charge in [-0.15, -0.1) is 0 Å². The van der Waals surface area contributed by atoms with Crippen LogP contribution in [0.3, 0.4) is 0 Å². The molecule has 142 valence electrons. The first-order chi connectivity index (χ1) is 13.0. The smallest absolute Gasteiger partial charge is 0.254 e. The van der Waals surface area contributed by atoms with E-state index in [4.69, 9.17) is 16.3 Å². The van der Waals surface area contributed by atoms with Crippen molar-refractivity contribution in [2.75, 3.05) is 43.5 Å². The fourth-order valence-electron chi connectivity index (χ4n) is 2.77. The lowest BCUT2D eigenvalue weighted by Crippen LogP contribution is -2.40. The molecule has 1 fully saturated rings.